The van der Waals surface area contributed by atoms with E-state index in [9.17, 15) is 27.6 Å². The summed E-state index contributed by atoms with van der Waals surface area (Å²) in [6, 6.07) is 7.48. The standard InChI is InChI=1S/C32H33ClF3N9O4.CH2O2/c1-49-21-6-9-38-25(16-21)26-23(27(43-42-26)32(34,35)36)14-20-17-39-28(40-20)29(46)41-19-2-3-22(24(33)15-19)31(48)45-12-10-44(11-13-45)30(47)18-4-7-37-8-5-18;2-1-3/h2-3,6,9,15-18,37H,4-5,7-8,10-14H2,1H3,(H,39,40)(H,41,46)(H,42,43);1H,(H,2,3). The zero-order valence-electron chi connectivity index (χ0n) is 27.8. The minimum atomic E-state index is -4.73. The molecule has 0 atom stereocenters. The van der Waals surface area contributed by atoms with E-state index in [1.54, 1.807) is 11.0 Å². The third-order valence-corrected chi connectivity index (χ3v) is 8.91. The number of benzene rings is 1. The summed E-state index contributed by atoms with van der Waals surface area (Å²) in [5.74, 6) is -0.562. The van der Waals surface area contributed by atoms with E-state index >= 15 is 0 Å². The number of carboxylic acid groups (broad SMARTS) is 1. The van der Waals surface area contributed by atoms with Crippen LogP contribution in [0.5, 0.6) is 5.75 Å². The number of anilines is 1. The zero-order valence-corrected chi connectivity index (χ0v) is 28.6. The Hall–Kier alpha value is -5.49. The number of imidazole rings is 1. The van der Waals surface area contributed by atoms with Crippen molar-refractivity contribution in [1.82, 2.24) is 40.3 Å². The molecule has 5 heterocycles. The number of carbonyl (C=O) groups is 4. The van der Waals surface area contributed by atoms with Crippen molar-refractivity contribution in [3.8, 4) is 17.1 Å². The van der Waals surface area contributed by atoms with Crippen LogP contribution in [-0.4, -0.2) is 111 Å². The number of aromatic nitrogens is 5. The third kappa shape index (κ3) is 8.86. The highest BCUT2D eigenvalue weighted by molar-refractivity contribution is 6.34. The minimum Gasteiger partial charge on any atom is -0.497 e. The summed E-state index contributed by atoms with van der Waals surface area (Å²) < 4.78 is 46.8. The molecule has 0 aliphatic carbocycles. The molecular weight excluding hydrogens is 711 g/mol. The Bertz CT molecular complexity index is 1900. The molecule has 2 aliphatic rings. The Morgan fingerprint density at radius 1 is 1.08 bits per heavy atom. The van der Waals surface area contributed by atoms with Crippen molar-refractivity contribution >= 4 is 41.5 Å². The van der Waals surface area contributed by atoms with E-state index in [0.717, 1.165) is 25.9 Å². The lowest BCUT2D eigenvalue weighted by atomic mass is 9.96. The van der Waals surface area contributed by atoms with Gasteiger partial charge < -0.3 is 35.3 Å². The molecule has 6 rings (SSSR count). The number of nitrogens with zero attached hydrogens (tertiary/aromatic N) is 5. The first-order valence-electron chi connectivity index (χ1n) is 16.1. The number of halogens is 4. The van der Waals surface area contributed by atoms with Crippen LogP contribution in [0.2, 0.25) is 5.02 Å². The number of alkyl halides is 3. The van der Waals surface area contributed by atoms with Crippen molar-refractivity contribution < 1.29 is 42.2 Å². The number of H-pyrrole nitrogens is 2. The van der Waals surface area contributed by atoms with Crippen molar-refractivity contribution in [2.45, 2.75) is 25.4 Å². The predicted molar refractivity (Wildman–Crippen MR) is 181 cm³/mol. The van der Waals surface area contributed by atoms with Crippen LogP contribution >= 0.6 is 11.6 Å². The molecule has 0 bridgehead atoms. The van der Waals surface area contributed by atoms with Gasteiger partial charge in [-0.25, -0.2) is 4.98 Å². The van der Waals surface area contributed by atoms with Gasteiger partial charge in [-0.05, 0) is 50.2 Å². The monoisotopic (exact) mass is 745 g/mol. The van der Waals surface area contributed by atoms with Crippen molar-refractivity contribution in [2.75, 3.05) is 51.7 Å². The quantitative estimate of drug-likeness (QED) is 0.166. The molecule has 0 saturated carbocycles. The van der Waals surface area contributed by atoms with Gasteiger partial charge in [0.25, 0.3) is 18.3 Å². The Balaban J connectivity index is 0.00000168. The highest BCUT2D eigenvalue weighted by Gasteiger charge is 2.38. The fourth-order valence-electron chi connectivity index (χ4n) is 5.99. The maximum atomic E-state index is 13.9. The van der Waals surface area contributed by atoms with Crippen molar-refractivity contribution in [2.24, 2.45) is 5.92 Å². The van der Waals surface area contributed by atoms with Gasteiger partial charge in [-0.2, -0.15) is 18.3 Å². The first-order valence-corrected chi connectivity index (χ1v) is 16.5. The van der Waals surface area contributed by atoms with Gasteiger partial charge in [0.2, 0.25) is 5.91 Å². The number of piperazine rings is 1. The number of pyridine rings is 1. The molecule has 19 heteroatoms. The zero-order chi connectivity index (χ0) is 37.4. The molecule has 3 aromatic heterocycles. The van der Waals surface area contributed by atoms with Gasteiger partial charge in [0.1, 0.15) is 17.1 Å². The largest absolute Gasteiger partial charge is 0.497 e. The molecule has 2 saturated heterocycles. The summed E-state index contributed by atoms with van der Waals surface area (Å²) in [6.07, 6.45) is -0.728. The van der Waals surface area contributed by atoms with Crippen molar-refractivity contribution in [3.63, 3.8) is 0 Å². The van der Waals surface area contributed by atoms with Crippen LogP contribution in [0, 0.1) is 5.92 Å². The molecule has 15 nitrogen and oxygen atoms in total. The van der Waals surface area contributed by atoms with Gasteiger partial charge in [-0.3, -0.25) is 29.3 Å². The number of rotatable bonds is 8. The summed E-state index contributed by atoms with van der Waals surface area (Å²) in [5, 5.41) is 18.8. The first kappa shape index (κ1) is 37.8. The highest BCUT2D eigenvalue weighted by Crippen LogP contribution is 2.36. The minimum absolute atomic E-state index is 0.0160. The Labute approximate surface area is 299 Å². The van der Waals surface area contributed by atoms with Gasteiger partial charge in [0, 0.05) is 73.9 Å². The number of carbonyl (C=O) groups excluding carboxylic acids is 3. The van der Waals surface area contributed by atoms with Crippen LogP contribution in [0.4, 0.5) is 18.9 Å². The van der Waals surface area contributed by atoms with Gasteiger partial charge >= 0.3 is 6.18 Å². The number of nitrogens with one attached hydrogen (secondary N) is 4. The lowest BCUT2D eigenvalue weighted by Crippen LogP contribution is -2.52. The summed E-state index contributed by atoms with van der Waals surface area (Å²) >= 11 is 6.47. The molecule has 0 radical (unpaired) electrons. The average Bonchev–Trinajstić information content (AvgIpc) is 3.80. The van der Waals surface area contributed by atoms with Crippen LogP contribution in [0.3, 0.4) is 0 Å². The van der Waals surface area contributed by atoms with E-state index in [-0.39, 0.29) is 75.4 Å². The second-order valence-corrected chi connectivity index (χ2v) is 12.2. The van der Waals surface area contributed by atoms with Gasteiger partial charge in [-0.15, -0.1) is 0 Å². The first-order chi connectivity index (χ1) is 24.9. The summed E-state index contributed by atoms with van der Waals surface area (Å²) in [5.41, 5.74) is -0.346. The fourth-order valence-corrected chi connectivity index (χ4v) is 6.25. The molecular formula is C33H35ClF3N9O6. The number of aromatic amines is 2. The van der Waals surface area contributed by atoms with Crippen LogP contribution < -0.4 is 15.4 Å². The average molecular weight is 746 g/mol. The highest BCUT2D eigenvalue weighted by atomic mass is 35.5. The summed E-state index contributed by atoms with van der Waals surface area (Å²) in [6.45, 7) is 3.06. The van der Waals surface area contributed by atoms with E-state index < -0.39 is 17.8 Å². The fraction of sp³-hybridized carbons (Fsp3) is 0.364. The van der Waals surface area contributed by atoms with Gasteiger partial charge in [0.05, 0.1) is 23.4 Å². The number of hydrogen-bond donors (Lipinski definition) is 5. The second-order valence-electron chi connectivity index (χ2n) is 11.8. The van der Waals surface area contributed by atoms with E-state index in [1.807, 2.05) is 4.90 Å². The summed E-state index contributed by atoms with van der Waals surface area (Å²) in [7, 11) is 1.43. The molecule has 5 N–H and O–H groups in total. The number of ether oxygens (including phenoxy) is 1. The normalized spacial score (nSPS) is 15.0. The Kier molecular flexibility index (Phi) is 12.1. The molecule has 2 fully saturated rings. The lowest BCUT2D eigenvalue weighted by Gasteiger charge is -2.37. The number of methoxy groups -OCH3 is 1. The van der Waals surface area contributed by atoms with Gasteiger partial charge in [0.15, 0.2) is 5.82 Å². The van der Waals surface area contributed by atoms with Crippen LogP contribution in [0.25, 0.3) is 11.4 Å². The molecule has 2 aliphatic heterocycles. The van der Waals surface area contributed by atoms with Crippen LogP contribution in [0.15, 0.2) is 42.7 Å². The molecule has 276 valence electrons. The molecule has 3 amide bonds. The van der Waals surface area contributed by atoms with E-state index in [2.05, 4.69) is 35.8 Å². The number of amides is 3. The molecule has 4 aromatic rings. The van der Waals surface area contributed by atoms with Crippen molar-refractivity contribution in [3.05, 3.63) is 76.1 Å². The number of piperidine rings is 1. The lowest BCUT2D eigenvalue weighted by molar-refractivity contribution is -0.141. The topological polar surface area (TPSA) is 199 Å². The maximum absolute atomic E-state index is 13.9. The number of hydrogen-bond acceptors (Lipinski definition) is 9. The smallest absolute Gasteiger partial charge is 0.433 e. The molecule has 0 spiro atoms. The van der Waals surface area contributed by atoms with E-state index in [4.69, 9.17) is 26.2 Å². The Morgan fingerprint density at radius 3 is 2.42 bits per heavy atom. The third-order valence-electron chi connectivity index (χ3n) is 8.60. The summed E-state index contributed by atoms with van der Waals surface area (Å²) in [4.78, 5) is 61.9. The molecule has 52 heavy (non-hydrogen) atoms. The SMILES string of the molecule is COc1ccnc(-c2n[nH]c(C(F)(F)F)c2Cc2cnc(C(=O)Nc3ccc(C(=O)N4CCN(C(=O)C5CCNCC5)CC4)c(Cl)c3)[nH]2)c1.O=CO. The molecule has 0 unspecified atom stereocenters. The van der Waals surface area contributed by atoms with Crippen molar-refractivity contribution in [1.29, 1.82) is 0 Å². The predicted octanol–water partition coefficient (Wildman–Crippen LogP) is 3.70. The van der Waals surface area contributed by atoms with Crippen LogP contribution in [0.1, 0.15) is 50.8 Å². The Morgan fingerprint density at radius 2 is 1.77 bits per heavy atom. The van der Waals surface area contributed by atoms with Crippen LogP contribution in [-0.2, 0) is 22.2 Å². The van der Waals surface area contributed by atoms with E-state index in [1.165, 1.54) is 43.8 Å². The maximum Gasteiger partial charge on any atom is 0.433 e. The van der Waals surface area contributed by atoms with E-state index in [0.29, 0.717) is 31.9 Å². The molecule has 1 aromatic carbocycles. The second kappa shape index (κ2) is 16.7. The van der Waals surface area contributed by atoms with Gasteiger partial charge in [-0.1, -0.05) is 11.6 Å².